The van der Waals surface area contributed by atoms with Gasteiger partial charge in [0, 0.05) is 13.3 Å². The van der Waals surface area contributed by atoms with Crippen LogP contribution in [-0.4, -0.2) is 12.3 Å². The molecule has 0 radical (unpaired) electrons. The lowest BCUT2D eigenvalue weighted by atomic mass is 10.1. The summed E-state index contributed by atoms with van der Waals surface area (Å²) in [5, 5.41) is 0. The van der Waals surface area contributed by atoms with E-state index in [-0.39, 0.29) is 6.61 Å². The van der Waals surface area contributed by atoms with Crippen LogP contribution in [0.25, 0.3) is 6.08 Å². The average Bonchev–Trinajstić information content (AvgIpc) is 2.75. The van der Waals surface area contributed by atoms with Gasteiger partial charge in [-0.15, -0.1) is 0 Å². The summed E-state index contributed by atoms with van der Waals surface area (Å²) in [6.07, 6.45) is 5.10. The summed E-state index contributed by atoms with van der Waals surface area (Å²) in [4.78, 5) is 32.6. The van der Waals surface area contributed by atoms with Gasteiger partial charge in [0.15, 0.2) is 0 Å². The summed E-state index contributed by atoms with van der Waals surface area (Å²) in [5.41, 5.74) is 3.22. The molecule has 1 heterocycles. The van der Waals surface area contributed by atoms with E-state index in [2.05, 4.69) is 19.9 Å². The number of hydrogen-bond acceptors (Lipinski definition) is 7. The van der Waals surface area contributed by atoms with E-state index in [0.717, 1.165) is 24.0 Å². The van der Waals surface area contributed by atoms with Gasteiger partial charge in [0.2, 0.25) is 0 Å². The number of furan rings is 1. The summed E-state index contributed by atoms with van der Waals surface area (Å²) in [7, 11) is -9.55. The van der Waals surface area contributed by atoms with E-state index in [1.54, 1.807) is 6.92 Å². The molecule has 0 spiro atoms. The van der Waals surface area contributed by atoms with Crippen molar-refractivity contribution in [2.75, 3.05) is 12.3 Å². The van der Waals surface area contributed by atoms with E-state index in [4.69, 9.17) is 9.15 Å². The van der Waals surface area contributed by atoms with Crippen LogP contribution in [0.4, 0.5) is 0 Å². The Labute approximate surface area is 154 Å². The van der Waals surface area contributed by atoms with Crippen molar-refractivity contribution in [3.8, 4) is 0 Å². The molecule has 0 saturated carbocycles. The molecule has 148 valence electrons. The highest BCUT2D eigenvalue weighted by molar-refractivity contribution is 7.70. The van der Waals surface area contributed by atoms with Crippen LogP contribution in [0.2, 0.25) is 0 Å². The minimum atomic E-state index is -5.13. The van der Waals surface area contributed by atoms with Crippen LogP contribution >= 0.6 is 15.0 Å². The van der Waals surface area contributed by atoms with Gasteiger partial charge in [-0.05, 0) is 58.2 Å². The molecule has 1 aromatic heterocycles. The van der Waals surface area contributed by atoms with Crippen LogP contribution in [-0.2, 0) is 20.5 Å². The first-order valence-electron chi connectivity index (χ1n) is 8.16. The number of hydrogen-bond donors (Lipinski definition) is 0. The van der Waals surface area contributed by atoms with E-state index < -0.39 is 27.2 Å². The van der Waals surface area contributed by atoms with E-state index in [0.29, 0.717) is 11.5 Å². The Bertz CT molecular complexity index is 751. The Morgan fingerprint density at radius 1 is 1.23 bits per heavy atom. The Hall–Kier alpha value is -0.940. The Balaban J connectivity index is 2.61. The Morgan fingerprint density at radius 2 is 1.88 bits per heavy atom. The molecule has 1 rings (SSSR count). The maximum Gasteiger partial charge on any atom is 0.133 e. The van der Waals surface area contributed by atoms with Crippen molar-refractivity contribution in [3.63, 3.8) is 0 Å². The predicted molar refractivity (Wildman–Crippen MR) is 95.5 cm³/mol. The molecule has 26 heavy (non-hydrogen) atoms. The molecule has 0 amide bonds. The van der Waals surface area contributed by atoms with E-state index >= 15 is 0 Å². The monoisotopic (exact) mass is 403 g/mol. The molecule has 0 aliphatic rings. The van der Waals surface area contributed by atoms with Crippen LogP contribution in [0.15, 0.2) is 27.7 Å². The second kappa shape index (κ2) is 9.84. The zero-order valence-electron chi connectivity index (χ0n) is 15.5. The standard InChI is InChI=1S/C17H28O7P2/c1-13(2)6-5-7-14(3)8-16-9-15(4)17(24-16)10-23-11-25(18,19)12-26(20,21)22/h6,8-9H,5,7,10-12H2,1-4H3,(H,18,19)(H2,20,21,22)/p-3/b14-8+. The van der Waals surface area contributed by atoms with Crippen molar-refractivity contribution < 1.29 is 33.0 Å². The molecule has 1 unspecified atom stereocenters. The van der Waals surface area contributed by atoms with Gasteiger partial charge >= 0.3 is 0 Å². The Kier molecular flexibility index (Phi) is 8.74. The summed E-state index contributed by atoms with van der Waals surface area (Å²) < 4.78 is 32.7. The fraction of sp³-hybridized carbons (Fsp3) is 0.529. The summed E-state index contributed by atoms with van der Waals surface area (Å²) >= 11 is 0. The molecular formula is C17H25O7P2-3. The largest absolute Gasteiger partial charge is 0.810 e. The van der Waals surface area contributed by atoms with Crippen molar-refractivity contribution in [2.24, 2.45) is 0 Å². The highest BCUT2D eigenvalue weighted by atomic mass is 31.2. The van der Waals surface area contributed by atoms with Gasteiger partial charge in [0.1, 0.15) is 18.1 Å². The molecule has 0 aliphatic carbocycles. The van der Waals surface area contributed by atoms with Crippen molar-refractivity contribution in [2.45, 2.75) is 47.1 Å². The van der Waals surface area contributed by atoms with E-state index in [9.17, 15) is 23.8 Å². The minimum absolute atomic E-state index is 0.120. The maximum absolute atomic E-state index is 11.5. The van der Waals surface area contributed by atoms with E-state index in [1.807, 2.05) is 19.1 Å². The zero-order valence-corrected chi connectivity index (χ0v) is 17.3. The van der Waals surface area contributed by atoms with Crippen LogP contribution in [0.3, 0.4) is 0 Å². The highest BCUT2D eigenvalue weighted by Gasteiger charge is 2.12. The molecule has 0 fully saturated rings. The molecule has 0 bridgehead atoms. The van der Waals surface area contributed by atoms with Crippen LogP contribution in [0, 0.1) is 6.92 Å². The quantitative estimate of drug-likeness (QED) is 0.434. The van der Waals surface area contributed by atoms with Crippen LogP contribution < -0.4 is 14.7 Å². The zero-order chi connectivity index (χ0) is 20.0. The number of rotatable bonds is 10. The predicted octanol–water partition coefficient (Wildman–Crippen LogP) is 2.72. The fourth-order valence-corrected chi connectivity index (χ4v) is 5.05. The normalized spacial score (nSPS) is 15.0. The summed E-state index contributed by atoms with van der Waals surface area (Å²) in [6.45, 7) is 7.79. The third-order valence-electron chi connectivity index (χ3n) is 3.43. The van der Waals surface area contributed by atoms with Gasteiger partial charge in [-0.2, -0.15) is 0 Å². The second-order valence-corrected chi connectivity index (χ2v) is 10.9. The SMILES string of the molecule is CC(C)=CCC/C(C)=C/c1cc(C)c(COCP(=O)([O-])CP(=O)([O-])[O-])o1. The summed E-state index contributed by atoms with van der Waals surface area (Å²) in [5.74, 6) is -0.318. The summed E-state index contributed by atoms with van der Waals surface area (Å²) in [6, 6.07) is 1.82. The molecule has 1 aromatic rings. The molecule has 0 aromatic carbocycles. The van der Waals surface area contributed by atoms with Gasteiger partial charge < -0.3 is 33.0 Å². The average molecular weight is 403 g/mol. The number of allylic oxidation sites excluding steroid dienone is 3. The first-order chi connectivity index (χ1) is 11.9. The molecule has 0 N–H and O–H groups in total. The smallest absolute Gasteiger partial charge is 0.133 e. The first kappa shape index (κ1) is 23.1. The van der Waals surface area contributed by atoms with Crippen molar-refractivity contribution in [1.29, 1.82) is 0 Å². The molecule has 7 nitrogen and oxygen atoms in total. The lowest BCUT2D eigenvalue weighted by Gasteiger charge is -2.36. The van der Waals surface area contributed by atoms with Crippen molar-refractivity contribution in [1.82, 2.24) is 0 Å². The molecule has 0 saturated heterocycles. The van der Waals surface area contributed by atoms with E-state index in [1.165, 1.54) is 5.57 Å². The Morgan fingerprint density at radius 3 is 2.46 bits per heavy atom. The first-order valence-corrected chi connectivity index (χ1v) is 11.9. The highest BCUT2D eigenvalue weighted by Crippen LogP contribution is 2.47. The van der Waals surface area contributed by atoms with Gasteiger partial charge in [-0.1, -0.05) is 24.8 Å². The van der Waals surface area contributed by atoms with Crippen LogP contribution in [0.5, 0.6) is 0 Å². The maximum atomic E-state index is 11.5. The van der Waals surface area contributed by atoms with Gasteiger partial charge in [0.25, 0.3) is 0 Å². The molecular weight excluding hydrogens is 378 g/mol. The van der Waals surface area contributed by atoms with Crippen molar-refractivity contribution >= 4 is 21.0 Å². The molecule has 0 aliphatic heterocycles. The minimum Gasteiger partial charge on any atom is -0.810 e. The third-order valence-corrected chi connectivity index (χ3v) is 7.11. The van der Waals surface area contributed by atoms with Crippen LogP contribution in [0.1, 0.15) is 50.7 Å². The molecule has 1 atom stereocenters. The topological polar surface area (TPSA) is 126 Å². The number of aryl methyl sites for hydroxylation is 1. The van der Waals surface area contributed by atoms with Gasteiger partial charge in [0.05, 0.1) is 6.35 Å². The lowest BCUT2D eigenvalue weighted by molar-refractivity contribution is -0.312. The molecule has 9 heteroatoms. The van der Waals surface area contributed by atoms with Gasteiger partial charge in [-0.3, -0.25) is 0 Å². The fourth-order valence-electron chi connectivity index (χ4n) is 2.25. The van der Waals surface area contributed by atoms with Crippen molar-refractivity contribution in [3.05, 3.63) is 40.4 Å². The lowest BCUT2D eigenvalue weighted by Crippen LogP contribution is -2.21. The second-order valence-electron chi connectivity index (χ2n) is 6.61. The van der Waals surface area contributed by atoms with Gasteiger partial charge in [-0.25, -0.2) is 0 Å². The number of ether oxygens (including phenoxy) is 1. The third kappa shape index (κ3) is 9.67.